The number of amides is 3. The number of aryl methyl sites for hydroxylation is 1. The summed E-state index contributed by atoms with van der Waals surface area (Å²) in [7, 11) is 0. The largest absolute Gasteiger partial charge is 0.328 e. The number of thioether (sulfide) groups is 1. The number of rotatable bonds is 6. The van der Waals surface area contributed by atoms with Gasteiger partial charge in [0.15, 0.2) is 5.78 Å². The van der Waals surface area contributed by atoms with Crippen molar-refractivity contribution in [1.82, 2.24) is 10.2 Å². The fourth-order valence-corrected chi connectivity index (χ4v) is 4.56. The number of piperidine rings is 1. The normalized spacial score (nSPS) is 20.4. The van der Waals surface area contributed by atoms with E-state index in [-0.39, 0.29) is 16.9 Å². The molecule has 1 fully saturated rings. The van der Waals surface area contributed by atoms with E-state index in [4.69, 9.17) is 0 Å². The van der Waals surface area contributed by atoms with Crippen LogP contribution in [0.5, 0.6) is 0 Å². The average molecular weight is 449 g/mol. The Morgan fingerprint density at radius 2 is 1.78 bits per heavy atom. The number of fused-ring (bicyclic) bond motifs is 1. The van der Waals surface area contributed by atoms with Crippen LogP contribution in [-0.4, -0.2) is 40.2 Å². The lowest BCUT2D eigenvalue weighted by atomic mass is 9.88. The first kappa shape index (κ1) is 22.0. The van der Waals surface area contributed by atoms with E-state index in [9.17, 15) is 19.2 Å². The van der Waals surface area contributed by atoms with Gasteiger partial charge in [0.1, 0.15) is 5.54 Å². The number of ketones is 1. The Hall–Kier alpha value is -3.19. The summed E-state index contributed by atoms with van der Waals surface area (Å²) in [6, 6.07) is 12.5. The number of hydrogen-bond acceptors (Lipinski definition) is 5. The van der Waals surface area contributed by atoms with Crippen LogP contribution in [0.15, 0.2) is 59.6 Å². The first-order valence-electron chi connectivity index (χ1n) is 10.4. The summed E-state index contributed by atoms with van der Waals surface area (Å²) >= 11 is 1.62. The van der Waals surface area contributed by atoms with Crippen LogP contribution >= 0.6 is 11.8 Å². The molecule has 32 heavy (non-hydrogen) atoms. The average Bonchev–Trinajstić information content (AvgIpc) is 3.05. The van der Waals surface area contributed by atoms with E-state index in [1.165, 1.54) is 0 Å². The van der Waals surface area contributed by atoms with Gasteiger partial charge in [-0.15, -0.1) is 11.8 Å². The SMILES string of the molecule is C=C1CC[C@](C)(N2C(=O)c3ccc(CCC(=O)c4ccc(SC)cc4)cc3C2=O)C(=O)N1. The number of carbonyl (C=O) groups excluding carboxylic acids is 4. The highest BCUT2D eigenvalue weighted by Crippen LogP contribution is 2.35. The van der Waals surface area contributed by atoms with Gasteiger partial charge in [0.25, 0.3) is 11.8 Å². The summed E-state index contributed by atoms with van der Waals surface area (Å²) < 4.78 is 0. The molecule has 0 aliphatic carbocycles. The van der Waals surface area contributed by atoms with Crippen molar-refractivity contribution in [3.8, 4) is 0 Å². The zero-order valence-electron chi connectivity index (χ0n) is 18.1. The summed E-state index contributed by atoms with van der Waals surface area (Å²) in [5.74, 6) is -1.32. The third-order valence-corrected chi connectivity index (χ3v) is 6.93. The van der Waals surface area contributed by atoms with Crippen LogP contribution in [0, 0.1) is 0 Å². The first-order valence-corrected chi connectivity index (χ1v) is 11.7. The van der Waals surface area contributed by atoms with Crippen molar-refractivity contribution < 1.29 is 19.2 Å². The smallest absolute Gasteiger partial charge is 0.262 e. The molecule has 164 valence electrons. The number of nitrogens with one attached hydrogen (secondary N) is 1. The summed E-state index contributed by atoms with van der Waals surface area (Å²) in [5.41, 5.74) is 1.35. The summed E-state index contributed by atoms with van der Waals surface area (Å²) in [6.45, 7) is 5.37. The molecular weight excluding hydrogens is 424 g/mol. The van der Waals surface area contributed by atoms with Gasteiger partial charge in [0.2, 0.25) is 5.91 Å². The zero-order chi connectivity index (χ0) is 23.0. The van der Waals surface area contributed by atoms with E-state index >= 15 is 0 Å². The second-order valence-corrected chi connectivity index (χ2v) is 9.19. The number of nitrogens with zero attached hydrogens (tertiary/aromatic N) is 1. The van der Waals surface area contributed by atoms with Crippen LogP contribution in [0.4, 0.5) is 0 Å². The van der Waals surface area contributed by atoms with Crippen LogP contribution in [0.2, 0.25) is 0 Å². The Morgan fingerprint density at radius 3 is 2.44 bits per heavy atom. The Bertz CT molecular complexity index is 1160. The Balaban J connectivity index is 1.51. The van der Waals surface area contributed by atoms with E-state index in [1.807, 2.05) is 30.5 Å². The van der Waals surface area contributed by atoms with E-state index in [1.54, 1.807) is 36.9 Å². The van der Waals surface area contributed by atoms with Crippen LogP contribution in [0.1, 0.15) is 62.8 Å². The molecule has 0 bridgehead atoms. The molecule has 2 aliphatic heterocycles. The minimum absolute atomic E-state index is 0.0220. The molecule has 1 atom stereocenters. The number of Topliss-reactive ketones (excluding diaryl/α,β-unsaturated/α-hetero) is 1. The fourth-order valence-electron chi connectivity index (χ4n) is 4.15. The molecule has 1 saturated heterocycles. The van der Waals surface area contributed by atoms with Crippen molar-refractivity contribution in [1.29, 1.82) is 0 Å². The molecule has 7 heteroatoms. The van der Waals surface area contributed by atoms with Gasteiger partial charge in [-0.3, -0.25) is 24.1 Å². The maximum absolute atomic E-state index is 13.1. The highest BCUT2D eigenvalue weighted by Gasteiger charge is 2.51. The Morgan fingerprint density at radius 1 is 1.09 bits per heavy atom. The second kappa shape index (κ2) is 8.39. The van der Waals surface area contributed by atoms with E-state index in [0.717, 1.165) is 15.4 Å². The van der Waals surface area contributed by atoms with Gasteiger partial charge in [-0.05, 0) is 62.3 Å². The lowest BCUT2D eigenvalue weighted by molar-refractivity contribution is -0.131. The van der Waals surface area contributed by atoms with E-state index < -0.39 is 23.3 Å². The van der Waals surface area contributed by atoms with Crippen molar-refractivity contribution in [2.75, 3.05) is 6.26 Å². The summed E-state index contributed by atoms with van der Waals surface area (Å²) in [6.07, 6.45) is 3.57. The highest BCUT2D eigenvalue weighted by molar-refractivity contribution is 7.98. The number of benzene rings is 2. The predicted molar refractivity (Wildman–Crippen MR) is 123 cm³/mol. The molecule has 3 amide bonds. The molecule has 2 aliphatic rings. The zero-order valence-corrected chi connectivity index (χ0v) is 18.9. The number of carbonyl (C=O) groups is 4. The number of imide groups is 1. The maximum Gasteiger partial charge on any atom is 0.262 e. The van der Waals surface area contributed by atoms with E-state index in [0.29, 0.717) is 36.9 Å². The molecule has 4 rings (SSSR count). The quantitative estimate of drug-likeness (QED) is 0.410. The third kappa shape index (κ3) is 3.77. The van der Waals surface area contributed by atoms with Gasteiger partial charge in [0, 0.05) is 22.6 Å². The predicted octanol–water partition coefficient (Wildman–Crippen LogP) is 4.00. The van der Waals surface area contributed by atoms with Crippen molar-refractivity contribution in [2.24, 2.45) is 0 Å². The van der Waals surface area contributed by atoms with Crippen molar-refractivity contribution in [3.05, 3.63) is 77.0 Å². The minimum Gasteiger partial charge on any atom is -0.328 e. The molecule has 0 radical (unpaired) electrons. The Labute approximate surface area is 191 Å². The number of hydrogen-bond donors (Lipinski definition) is 1. The van der Waals surface area contributed by atoms with E-state index in [2.05, 4.69) is 11.9 Å². The van der Waals surface area contributed by atoms with Gasteiger partial charge < -0.3 is 5.32 Å². The third-order valence-electron chi connectivity index (χ3n) is 6.19. The van der Waals surface area contributed by atoms with Gasteiger partial charge >= 0.3 is 0 Å². The summed E-state index contributed by atoms with van der Waals surface area (Å²) in [4.78, 5) is 53.5. The fraction of sp³-hybridized carbons (Fsp3) is 0.280. The van der Waals surface area contributed by atoms with Gasteiger partial charge in [-0.2, -0.15) is 0 Å². The molecule has 2 aromatic carbocycles. The van der Waals surface area contributed by atoms with Crippen molar-refractivity contribution in [2.45, 2.75) is 43.0 Å². The Kier molecular flexibility index (Phi) is 5.77. The minimum atomic E-state index is -1.26. The van der Waals surface area contributed by atoms with Gasteiger partial charge in [-0.1, -0.05) is 24.8 Å². The lowest BCUT2D eigenvalue weighted by Gasteiger charge is -2.39. The molecular formula is C25H24N2O4S. The molecule has 0 aromatic heterocycles. The van der Waals surface area contributed by atoms with Crippen molar-refractivity contribution >= 4 is 35.3 Å². The monoisotopic (exact) mass is 448 g/mol. The summed E-state index contributed by atoms with van der Waals surface area (Å²) in [5, 5.41) is 2.66. The number of allylic oxidation sites excluding steroid dienone is 1. The van der Waals surface area contributed by atoms with Crippen LogP contribution < -0.4 is 5.32 Å². The topological polar surface area (TPSA) is 83.6 Å². The lowest BCUT2D eigenvalue weighted by Crippen LogP contribution is -2.60. The van der Waals surface area contributed by atoms with Gasteiger partial charge in [0.05, 0.1) is 11.1 Å². The van der Waals surface area contributed by atoms with Crippen LogP contribution in [0.25, 0.3) is 0 Å². The molecule has 0 unspecified atom stereocenters. The van der Waals surface area contributed by atoms with Gasteiger partial charge in [-0.25, -0.2) is 0 Å². The highest BCUT2D eigenvalue weighted by atomic mass is 32.2. The first-order chi connectivity index (χ1) is 15.2. The standard InChI is InChI=1S/C25H24N2O4S/c1-15-12-13-25(2,24(31)26-15)27-22(29)19-10-4-16(14-20(19)23(27)30)5-11-21(28)17-6-8-18(32-3)9-7-17/h4,6-10,14H,1,5,11-13H2,2-3H3,(H,26,31)/t25-/m0/s1. The molecule has 2 heterocycles. The van der Waals surface area contributed by atoms with Crippen LogP contribution in [-0.2, 0) is 11.2 Å². The van der Waals surface area contributed by atoms with Crippen molar-refractivity contribution in [3.63, 3.8) is 0 Å². The van der Waals surface area contributed by atoms with Crippen LogP contribution in [0.3, 0.4) is 0 Å². The molecule has 6 nitrogen and oxygen atoms in total. The molecule has 2 aromatic rings. The molecule has 1 N–H and O–H groups in total. The maximum atomic E-state index is 13.1. The second-order valence-electron chi connectivity index (χ2n) is 8.31. The molecule has 0 saturated carbocycles. The molecule has 0 spiro atoms.